The van der Waals surface area contributed by atoms with Gasteiger partial charge in [-0.05, 0) is 36.9 Å². The summed E-state index contributed by atoms with van der Waals surface area (Å²) in [6.45, 7) is 6.94. The maximum Gasteiger partial charge on any atom is -0.00271 e. The summed E-state index contributed by atoms with van der Waals surface area (Å²) in [7, 11) is 0. The molecule has 0 N–H and O–H groups in total. The first-order valence-electron chi connectivity index (χ1n) is 4.35. The van der Waals surface area contributed by atoms with Crippen molar-refractivity contribution in [3.63, 3.8) is 0 Å². The largest absolute Gasteiger partial charge is 0.179 e. The molecule has 1 aliphatic carbocycles. The maximum atomic E-state index is 4.40. The van der Waals surface area contributed by atoms with E-state index in [-0.39, 0.29) is 0 Å². The van der Waals surface area contributed by atoms with Crippen LogP contribution in [-0.2, 0) is 0 Å². The van der Waals surface area contributed by atoms with Gasteiger partial charge in [-0.25, -0.2) is 0 Å². The molecule has 0 aromatic rings. The lowest BCUT2D eigenvalue weighted by atomic mass is 9.70. The van der Waals surface area contributed by atoms with Gasteiger partial charge in [-0.3, -0.25) is 0 Å². The van der Waals surface area contributed by atoms with Crippen molar-refractivity contribution in [1.82, 2.24) is 0 Å². The summed E-state index contributed by atoms with van der Waals surface area (Å²) in [6, 6.07) is 0. The Morgan fingerprint density at radius 2 is 2.27 bits per heavy atom. The molecule has 0 saturated heterocycles. The Bertz CT molecular complexity index is 168. The summed E-state index contributed by atoms with van der Waals surface area (Å²) in [6.07, 6.45) is 4.94. The normalized spacial score (nSPS) is 29.8. The van der Waals surface area contributed by atoms with Gasteiger partial charge in [0, 0.05) is 0 Å². The minimum absolute atomic E-state index is 0.473. The maximum absolute atomic E-state index is 4.40. The monoisotopic (exact) mass is 170 g/mol. The average molecular weight is 170 g/mol. The summed E-state index contributed by atoms with van der Waals surface area (Å²) in [4.78, 5) is 0. The van der Waals surface area contributed by atoms with E-state index in [0.717, 1.165) is 5.75 Å². The first kappa shape index (κ1) is 9.18. The fourth-order valence-electron chi connectivity index (χ4n) is 2.00. The Hall–Kier alpha value is 0.0900. The number of hydrogen-bond acceptors (Lipinski definition) is 1. The van der Waals surface area contributed by atoms with Crippen LogP contribution in [-0.4, -0.2) is 5.75 Å². The highest BCUT2D eigenvalue weighted by atomic mass is 32.1. The van der Waals surface area contributed by atoms with Crippen molar-refractivity contribution in [2.45, 2.75) is 33.6 Å². The average Bonchev–Trinajstić information content (AvgIpc) is 1.86. The topological polar surface area (TPSA) is 0 Å². The van der Waals surface area contributed by atoms with Gasteiger partial charge in [-0.2, -0.15) is 12.6 Å². The quantitative estimate of drug-likeness (QED) is 0.453. The highest BCUT2D eigenvalue weighted by Gasteiger charge is 2.31. The Morgan fingerprint density at radius 3 is 2.64 bits per heavy atom. The van der Waals surface area contributed by atoms with Gasteiger partial charge in [-0.15, -0.1) is 0 Å². The van der Waals surface area contributed by atoms with Gasteiger partial charge in [0.15, 0.2) is 0 Å². The van der Waals surface area contributed by atoms with Crippen molar-refractivity contribution in [3.05, 3.63) is 11.6 Å². The standard InChI is InChI=1S/C10H18S/c1-8-5-4-6-10(2,3)9(8)7-11/h5,9,11H,4,6-7H2,1-3H3. The van der Waals surface area contributed by atoms with Gasteiger partial charge in [-0.1, -0.05) is 25.5 Å². The molecule has 1 atom stereocenters. The zero-order valence-electron chi connectivity index (χ0n) is 7.72. The van der Waals surface area contributed by atoms with Crippen LogP contribution in [0.3, 0.4) is 0 Å². The number of hydrogen-bond donors (Lipinski definition) is 1. The van der Waals surface area contributed by atoms with E-state index in [1.807, 2.05) is 0 Å². The second-order valence-corrected chi connectivity index (χ2v) is 4.58. The predicted molar refractivity (Wildman–Crippen MR) is 54.1 cm³/mol. The molecule has 0 bridgehead atoms. The van der Waals surface area contributed by atoms with E-state index in [4.69, 9.17) is 0 Å². The second-order valence-electron chi connectivity index (χ2n) is 4.21. The minimum atomic E-state index is 0.473. The van der Waals surface area contributed by atoms with E-state index < -0.39 is 0 Å². The van der Waals surface area contributed by atoms with E-state index >= 15 is 0 Å². The molecule has 1 unspecified atom stereocenters. The Morgan fingerprint density at radius 1 is 1.64 bits per heavy atom. The van der Waals surface area contributed by atoms with Gasteiger partial charge in [0.1, 0.15) is 0 Å². The lowest BCUT2D eigenvalue weighted by Crippen LogP contribution is -2.29. The van der Waals surface area contributed by atoms with Gasteiger partial charge >= 0.3 is 0 Å². The molecule has 1 heteroatoms. The van der Waals surface area contributed by atoms with Crippen molar-refractivity contribution < 1.29 is 0 Å². The molecule has 0 spiro atoms. The Balaban J connectivity index is 2.80. The van der Waals surface area contributed by atoms with Crippen LogP contribution in [0.25, 0.3) is 0 Å². The summed E-state index contributed by atoms with van der Waals surface area (Å²) in [5, 5.41) is 0. The van der Waals surface area contributed by atoms with Crippen molar-refractivity contribution in [1.29, 1.82) is 0 Å². The SMILES string of the molecule is CC1=CCCC(C)(C)C1CS. The smallest absolute Gasteiger partial charge is 0.00271 e. The number of thiol groups is 1. The first-order chi connectivity index (χ1) is 5.08. The van der Waals surface area contributed by atoms with Crippen LogP contribution in [0, 0.1) is 11.3 Å². The number of rotatable bonds is 1. The van der Waals surface area contributed by atoms with Gasteiger partial charge in [0.25, 0.3) is 0 Å². The van der Waals surface area contributed by atoms with Crippen LogP contribution in [0.1, 0.15) is 33.6 Å². The molecule has 64 valence electrons. The minimum Gasteiger partial charge on any atom is -0.179 e. The molecule has 1 rings (SSSR count). The third-order valence-electron chi connectivity index (χ3n) is 2.93. The molecular weight excluding hydrogens is 152 g/mol. The van der Waals surface area contributed by atoms with Crippen LogP contribution in [0.4, 0.5) is 0 Å². The molecule has 0 heterocycles. The fraction of sp³-hybridized carbons (Fsp3) is 0.800. The molecular formula is C10H18S. The molecule has 0 saturated carbocycles. The zero-order chi connectivity index (χ0) is 8.48. The van der Waals surface area contributed by atoms with Crippen LogP contribution in [0.15, 0.2) is 11.6 Å². The molecule has 1 aliphatic rings. The van der Waals surface area contributed by atoms with Crippen molar-refractivity contribution in [2.75, 3.05) is 5.75 Å². The van der Waals surface area contributed by atoms with E-state index in [1.165, 1.54) is 18.4 Å². The van der Waals surface area contributed by atoms with E-state index in [1.54, 1.807) is 0 Å². The zero-order valence-corrected chi connectivity index (χ0v) is 8.62. The number of allylic oxidation sites excluding steroid dienone is 2. The fourth-order valence-corrected chi connectivity index (χ4v) is 2.78. The van der Waals surface area contributed by atoms with Crippen molar-refractivity contribution >= 4 is 12.6 Å². The lowest BCUT2D eigenvalue weighted by molar-refractivity contribution is 0.236. The molecule has 0 fully saturated rings. The molecule has 0 aromatic carbocycles. The Labute approximate surface area is 75.5 Å². The molecule has 0 aliphatic heterocycles. The summed E-state index contributed by atoms with van der Waals surface area (Å²) >= 11 is 4.40. The summed E-state index contributed by atoms with van der Waals surface area (Å²) in [5.41, 5.74) is 2.01. The lowest BCUT2D eigenvalue weighted by Gasteiger charge is -2.37. The van der Waals surface area contributed by atoms with Crippen molar-refractivity contribution in [3.8, 4) is 0 Å². The molecule has 11 heavy (non-hydrogen) atoms. The van der Waals surface area contributed by atoms with E-state index in [9.17, 15) is 0 Å². The van der Waals surface area contributed by atoms with Crippen LogP contribution in [0.2, 0.25) is 0 Å². The second kappa shape index (κ2) is 3.22. The van der Waals surface area contributed by atoms with E-state index in [2.05, 4.69) is 39.5 Å². The van der Waals surface area contributed by atoms with E-state index in [0.29, 0.717) is 11.3 Å². The van der Waals surface area contributed by atoms with Gasteiger partial charge < -0.3 is 0 Å². The molecule has 0 nitrogen and oxygen atoms in total. The molecule has 0 aromatic heterocycles. The van der Waals surface area contributed by atoms with Crippen LogP contribution in [0.5, 0.6) is 0 Å². The molecule has 0 radical (unpaired) electrons. The predicted octanol–water partition coefficient (Wildman–Crippen LogP) is 3.30. The first-order valence-corrected chi connectivity index (χ1v) is 4.98. The van der Waals surface area contributed by atoms with Gasteiger partial charge in [0.2, 0.25) is 0 Å². The van der Waals surface area contributed by atoms with Crippen LogP contribution >= 0.6 is 12.6 Å². The van der Waals surface area contributed by atoms with Crippen molar-refractivity contribution in [2.24, 2.45) is 11.3 Å². The Kier molecular flexibility index (Phi) is 2.69. The third-order valence-corrected chi connectivity index (χ3v) is 3.30. The highest BCUT2D eigenvalue weighted by Crippen LogP contribution is 2.41. The summed E-state index contributed by atoms with van der Waals surface area (Å²) < 4.78 is 0. The van der Waals surface area contributed by atoms with Gasteiger partial charge in [0.05, 0.1) is 0 Å². The molecule has 0 amide bonds. The summed E-state index contributed by atoms with van der Waals surface area (Å²) in [5.74, 6) is 1.69. The van der Waals surface area contributed by atoms with Crippen LogP contribution < -0.4 is 0 Å². The highest BCUT2D eigenvalue weighted by molar-refractivity contribution is 7.80. The third kappa shape index (κ3) is 1.81.